The monoisotopic (exact) mass is 930 g/mol. The zero-order valence-electron chi connectivity index (χ0n) is 39.0. The molecule has 338 valence electrons. The van der Waals surface area contributed by atoms with Crippen LogP contribution in [-0.4, -0.2) is 24.5 Å². The molecular formula is C65H38N8. The first kappa shape index (κ1) is 43.7. The highest BCUT2D eigenvalue weighted by atomic mass is 15.0. The second-order valence-corrected chi connectivity index (χ2v) is 17.6. The summed E-state index contributed by atoms with van der Waals surface area (Å²) < 4.78 is 2.27. The van der Waals surface area contributed by atoms with Gasteiger partial charge in [0.25, 0.3) is 0 Å². The minimum absolute atomic E-state index is 0.415. The zero-order valence-corrected chi connectivity index (χ0v) is 39.0. The van der Waals surface area contributed by atoms with Crippen LogP contribution in [0.2, 0.25) is 0 Å². The molecule has 0 N–H and O–H groups in total. The molecule has 0 saturated heterocycles. The van der Waals surface area contributed by atoms with Crippen molar-refractivity contribution < 1.29 is 0 Å². The number of aromatic nitrogens is 5. The van der Waals surface area contributed by atoms with E-state index in [1.807, 2.05) is 194 Å². The van der Waals surface area contributed by atoms with Gasteiger partial charge in [-0.2, -0.15) is 10.5 Å². The van der Waals surface area contributed by atoms with E-state index in [2.05, 4.69) is 57.9 Å². The van der Waals surface area contributed by atoms with Crippen molar-refractivity contribution in [2.75, 3.05) is 0 Å². The Hall–Kier alpha value is -10.6. The maximum atomic E-state index is 11.1. The number of hydrogen-bond donors (Lipinski definition) is 0. The lowest BCUT2D eigenvalue weighted by Crippen LogP contribution is -2.05. The van der Waals surface area contributed by atoms with Gasteiger partial charge in [0.15, 0.2) is 17.3 Å². The van der Waals surface area contributed by atoms with Crippen molar-refractivity contribution in [3.05, 3.63) is 253 Å². The van der Waals surface area contributed by atoms with Gasteiger partial charge in [-0.15, -0.1) is 0 Å². The molecule has 0 radical (unpaired) electrons. The largest absolute Gasteiger partial charge is 0.308 e. The van der Waals surface area contributed by atoms with Crippen molar-refractivity contribution in [1.29, 1.82) is 10.5 Å². The summed E-state index contributed by atoms with van der Waals surface area (Å²) in [5, 5.41) is 22.9. The molecule has 0 bridgehead atoms. The SMILES string of the molecule is [C-]#[N+]c1cccc(-c2ccc3c(c2)c2cc(-c4cccc(C#N)c4)ccc2n3-c2c(-c3cc(-c4ccccc4)nc(-c4ccccc4)n3)cc(C#N)cc2-c2cc(-c3ccccc3)nc(-c3ccccc3)n2)c1. The van der Waals surface area contributed by atoms with Crippen LogP contribution in [0, 0.1) is 29.2 Å². The molecule has 0 aliphatic heterocycles. The quantitative estimate of drug-likeness (QED) is 0.133. The summed E-state index contributed by atoms with van der Waals surface area (Å²) in [7, 11) is 0. The van der Waals surface area contributed by atoms with Gasteiger partial charge in [-0.25, -0.2) is 24.8 Å². The van der Waals surface area contributed by atoms with Crippen LogP contribution in [0.4, 0.5) is 5.69 Å². The van der Waals surface area contributed by atoms with Crippen LogP contribution in [-0.2, 0) is 0 Å². The van der Waals surface area contributed by atoms with E-state index < -0.39 is 0 Å². The fraction of sp³-hybridized carbons (Fsp3) is 0. The van der Waals surface area contributed by atoms with Crippen molar-refractivity contribution in [3.63, 3.8) is 0 Å². The molecule has 8 nitrogen and oxygen atoms in total. The molecule has 0 unspecified atom stereocenters. The smallest absolute Gasteiger partial charge is 0.187 e. The Morgan fingerprint density at radius 3 is 1.23 bits per heavy atom. The molecule has 9 aromatic carbocycles. The van der Waals surface area contributed by atoms with Gasteiger partial charge in [-0.1, -0.05) is 164 Å². The number of rotatable bonds is 9. The Kier molecular flexibility index (Phi) is 11.2. The molecule has 73 heavy (non-hydrogen) atoms. The molecule has 3 heterocycles. The summed E-state index contributed by atoms with van der Waals surface area (Å²) >= 11 is 0. The molecule has 3 aromatic heterocycles. The molecular weight excluding hydrogens is 893 g/mol. The van der Waals surface area contributed by atoms with E-state index in [0.717, 1.165) is 83.4 Å². The minimum Gasteiger partial charge on any atom is -0.308 e. The van der Waals surface area contributed by atoms with E-state index in [0.29, 0.717) is 51.0 Å². The summed E-state index contributed by atoms with van der Waals surface area (Å²) in [4.78, 5) is 24.9. The van der Waals surface area contributed by atoms with Gasteiger partial charge in [-0.3, -0.25) is 0 Å². The topological polar surface area (TPSA) is 108 Å². The molecule has 12 rings (SSSR count). The van der Waals surface area contributed by atoms with Crippen molar-refractivity contribution in [3.8, 4) is 108 Å². The molecule has 8 heteroatoms. The lowest BCUT2D eigenvalue weighted by Gasteiger charge is -2.20. The summed E-state index contributed by atoms with van der Waals surface area (Å²) in [5.74, 6) is 1.06. The molecule has 0 aliphatic rings. The van der Waals surface area contributed by atoms with Gasteiger partial charge in [0.2, 0.25) is 0 Å². The number of nitriles is 2. The van der Waals surface area contributed by atoms with Crippen LogP contribution in [0.25, 0.3) is 122 Å². The number of hydrogen-bond acceptors (Lipinski definition) is 6. The fourth-order valence-corrected chi connectivity index (χ4v) is 9.59. The van der Waals surface area contributed by atoms with Gasteiger partial charge in [0, 0.05) is 44.2 Å². The standard InChI is InChI=1S/C65H38N8/c1-68-52-27-15-26-49(35-52)51-29-31-62-54(37-51)53-36-50(48-25-14-16-42(32-48)40-66)28-30-61(53)73(62)63-55(59-38-57(44-17-6-2-7-18-44)69-64(71-59)46-21-10-4-11-22-46)33-43(41-67)34-56(63)60-39-58(45-19-8-3-9-20-45)70-65(72-60)47-23-12-5-13-24-47/h2-39H. The van der Waals surface area contributed by atoms with Crippen LogP contribution in [0.15, 0.2) is 231 Å². The van der Waals surface area contributed by atoms with Crippen molar-refractivity contribution in [1.82, 2.24) is 24.5 Å². The van der Waals surface area contributed by atoms with Gasteiger partial charge < -0.3 is 4.57 Å². The predicted molar refractivity (Wildman–Crippen MR) is 291 cm³/mol. The van der Waals surface area contributed by atoms with E-state index in [-0.39, 0.29) is 0 Å². The van der Waals surface area contributed by atoms with E-state index in [1.165, 1.54) is 0 Å². The highest BCUT2D eigenvalue weighted by molar-refractivity contribution is 6.13. The lowest BCUT2D eigenvalue weighted by molar-refractivity contribution is 1.14. The number of benzene rings is 9. The number of nitrogens with zero attached hydrogens (tertiary/aromatic N) is 8. The normalized spacial score (nSPS) is 11.0. The van der Waals surface area contributed by atoms with Crippen LogP contribution in [0.3, 0.4) is 0 Å². The molecule has 12 aromatic rings. The first-order valence-corrected chi connectivity index (χ1v) is 23.7. The maximum absolute atomic E-state index is 11.1. The average Bonchev–Trinajstić information content (AvgIpc) is 3.80. The highest BCUT2D eigenvalue weighted by Crippen LogP contribution is 2.45. The third kappa shape index (κ3) is 8.32. The Labute approximate surface area is 421 Å². The first-order chi connectivity index (χ1) is 36.0. The third-order valence-corrected chi connectivity index (χ3v) is 13.1. The number of fused-ring (bicyclic) bond motifs is 3. The summed E-state index contributed by atoms with van der Waals surface area (Å²) in [6.45, 7) is 7.80. The molecule has 0 amide bonds. The second kappa shape index (κ2) is 18.7. The Bertz CT molecular complexity index is 3840. The third-order valence-electron chi connectivity index (χ3n) is 13.1. The maximum Gasteiger partial charge on any atom is 0.187 e. The van der Waals surface area contributed by atoms with Gasteiger partial charge in [0.05, 0.1) is 69.3 Å². The molecule has 0 fully saturated rings. The second-order valence-electron chi connectivity index (χ2n) is 17.6. The van der Waals surface area contributed by atoms with Crippen LogP contribution < -0.4 is 0 Å². The molecule has 0 spiro atoms. The molecule has 0 saturated carbocycles. The average molecular weight is 931 g/mol. The fourth-order valence-electron chi connectivity index (χ4n) is 9.59. The van der Waals surface area contributed by atoms with Gasteiger partial charge >= 0.3 is 0 Å². The van der Waals surface area contributed by atoms with E-state index in [4.69, 9.17) is 26.5 Å². The van der Waals surface area contributed by atoms with Crippen molar-refractivity contribution >= 4 is 27.5 Å². The lowest BCUT2D eigenvalue weighted by atomic mass is 9.95. The van der Waals surface area contributed by atoms with E-state index in [1.54, 1.807) is 0 Å². The minimum atomic E-state index is 0.415. The summed E-state index contributed by atoms with van der Waals surface area (Å²) in [6.07, 6.45) is 0. The van der Waals surface area contributed by atoms with Crippen molar-refractivity contribution in [2.24, 2.45) is 0 Å². The Balaban J connectivity index is 1.23. The van der Waals surface area contributed by atoms with Crippen LogP contribution >= 0.6 is 0 Å². The highest BCUT2D eigenvalue weighted by Gasteiger charge is 2.26. The first-order valence-electron chi connectivity index (χ1n) is 23.7. The Morgan fingerprint density at radius 1 is 0.356 bits per heavy atom. The molecule has 0 atom stereocenters. The summed E-state index contributed by atoms with van der Waals surface area (Å²) in [6, 6.07) is 80.8. The van der Waals surface area contributed by atoms with Crippen LogP contribution in [0.1, 0.15) is 11.1 Å². The molecule has 0 aliphatic carbocycles. The zero-order chi connectivity index (χ0) is 49.3. The van der Waals surface area contributed by atoms with E-state index >= 15 is 0 Å². The van der Waals surface area contributed by atoms with Gasteiger partial charge in [0.1, 0.15) is 0 Å². The Morgan fingerprint density at radius 2 is 0.767 bits per heavy atom. The predicted octanol–water partition coefficient (Wildman–Crippen LogP) is 16.0. The summed E-state index contributed by atoms with van der Waals surface area (Å²) in [5.41, 5.74) is 15.3. The van der Waals surface area contributed by atoms with Crippen LogP contribution in [0.5, 0.6) is 0 Å². The van der Waals surface area contributed by atoms with Crippen molar-refractivity contribution in [2.45, 2.75) is 0 Å². The van der Waals surface area contributed by atoms with E-state index in [9.17, 15) is 10.5 Å². The van der Waals surface area contributed by atoms with Gasteiger partial charge in [-0.05, 0) is 89.0 Å².